The van der Waals surface area contributed by atoms with Crippen LogP contribution < -0.4 is 5.32 Å². The van der Waals surface area contributed by atoms with Crippen LogP contribution in [0.25, 0.3) is 11.1 Å². The first kappa shape index (κ1) is 20.3. The molecule has 0 heterocycles. The summed E-state index contributed by atoms with van der Waals surface area (Å²) in [6.45, 7) is 0.825. The largest absolute Gasteiger partial charge is 0.465 e. The van der Waals surface area contributed by atoms with Gasteiger partial charge in [0, 0.05) is 12.1 Å². The zero-order valence-electron chi connectivity index (χ0n) is 16.8. The number of carbonyl (C=O) groups is 2. The first-order chi connectivity index (χ1) is 14.0. The highest BCUT2D eigenvalue weighted by molar-refractivity contribution is 6.08. The van der Waals surface area contributed by atoms with Crippen molar-refractivity contribution in [2.45, 2.75) is 6.54 Å². The third-order valence-electron chi connectivity index (χ3n) is 4.47. The number of esters is 1. The molecule has 0 atom stereocenters. The second-order valence-corrected chi connectivity index (χ2v) is 7.01. The Balaban J connectivity index is 1.98. The lowest BCUT2D eigenvalue weighted by molar-refractivity contribution is 0.0602. The highest BCUT2D eigenvalue weighted by Gasteiger charge is 2.16. The number of ether oxygens (including phenoxy) is 1. The molecule has 3 aromatic carbocycles. The van der Waals surface area contributed by atoms with Gasteiger partial charge in [0.15, 0.2) is 0 Å². The number of methoxy groups -OCH3 is 1. The summed E-state index contributed by atoms with van der Waals surface area (Å²) in [4.78, 5) is 26.9. The molecule has 0 spiro atoms. The van der Waals surface area contributed by atoms with Crippen molar-refractivity contribution in [3.05, 3.63) is 89.5 Å². The van der Waals surface area contributed by atoms with E-state index in [1.165, 1.54) is 12.7 Å². The molecule has 1 N–H and O–H groups in total. The van der Waals surface area contributed by atoms with Gasteiger partial charge in [-0.25, -0.2) is 4.79 Å². The van der Waals surface area contributed by atoms with Gasteiger partial charge in [0.2, 0.25) is 0 Å². The maximum absolute atomic E-state index is 12.6. The Bertz CT molecular complexity index is 1010. The molecular formula is C24H24N2O3. The molecule has 0 bridgehead atoms. The maximum Gasteiger partial charge on any atom is 0.339 e. The summed E-state index contributed by atoms with van der Waals surface area (Å²) in [5, 5.41) is 2.85. The second kappa shape index (κ2) is 9.17. The van der Waals surface area contributed by atoms with Crippen molar-refractivity contribution in [1.82, 2.24) is 4.90 Å². The van der Waals surface area contributed by atoms with Crippen LogP contribution >= 0.6 is 0 Å². The van der Waals surface area contributed by atoms with E-state index in [4.69, 9.17) is 4.74 Å². The second-order valence-electron chi connectivity index (χ2n) is 7.01. The maximum atomic E-state index is 12.6. The predicted octanol–water partition coefficient (Wildman–Crippen LogP) is 4.45. The third kappa shape index (κ3) is 5.09. The summed E-state index contributed by atoms with van der Waals surface area (Å²) in [5.41, 5.74) is 4.34. The topological polar surface area (TPSA) is 58.6 Å². The van der Waals surface area contributed by atoms with Gasteiger partial charge in [-0.3, -0.25) is 4.79 Å². The zero-order valence-corrected chi connectivity index (χ0v) is 16.8. The lowest BCUT2D eigenvalue weighted by Crippen LogP contribution is -2.15. The normalized spacial score (nSPS) is 10.6. The van der Waals surface area contributed by atoms with Crippen LogP contribution in [-0.2, 0) is 11.3 Å². The van der Waals surface area contributed by atoms with E-state index in [0.29, 0.717) is 16.8 Å². The standard InChI is InChI=1S/C24H24N2O3/c1-26(2)16-17-8-7-11-19(14-17)20-12-13-21(24(28)29-3)22(15-20)25-23(27)18-9-5-4-6-10-18/h4-15H,16H2,1-3H3,(H,25,27). The molecule has 29 heavy (non-hydrogen) atoms. The van der Waals surface area contributed by atoms with Crippen LogP contribution in [0, 0.1) is 0 Å². The summed E-state index contributed by atoms with van der Waals surface area (Å²) >= 11 is 0. The molecule has 5 heteroatoms. The Morgan fingerprint density at radius 2 is 1.62 bits per heavy atom. The third-order valence-corrected chi connectivity index (χ3v) is 4.47. The van der Waals surface area contributed by atoms with E-state index in [9.17, 15) is 9.59 Å². The first-order valence-corrected chi connectivity index (χ1v) is 9.30. The Kier molecular flexibility index (Phi) is 6.42. The number of carbonyl (C=O) groups excluding carboxylic acids is 2. The van der Waals surface area contributed by atoms with E-state index in [1.807, 2.05) is 44.4 Å². The first-order valence-electron chi connectivity index (χ1n) is 9.30. The van der Waals surface area contributed by atoms with Crippen LogP contribution in [0.2, 0.25) is 0 Å². The Morgan fingerprint density at radius 3 is 2.31 bits per heavy atom. The molecular weight excluding hydrogens is 364 g/mol. The smallest absolute Gasteiger partial charge is 0.339 e. The molecule has 5 nitrogen and oxygen atoms in total. The number of nitrogens with one attached hydrogen (secondary N) is 1. The van der Waals surface area contributed by atoms with Gasteiger partial charge in [-0.1, -0.05) is 42.5 Å². The van der Waals surface area contributed by atoms with E-state index in [-0.39, 0.29) is 5.91 Å². The SMILES string of the molecule is COC(=O)c1ccc(-c2cccc(CN(C)C)c2)cc1NC(=O)c1ccccc1. The summed E-state index contributed by atoms with van der Waals surface area (Å²) in [5.74, 6) is -0.782. The summed E-state index contributed by atoms with van der Waals surface area (Å²) < 4.78 is 4.88. The van der Waals surface area contributed by atoms with Crippen molar-refractivity contribution in [1.29, 1.82) is 0 Å². The minimum absolute atomic E-state index is 0.283. The average molecular weight is 388 g/mol. The molecule has 3 aromatic rings. The molecule has 0 aromatic heterocycles. The van der Waals surface area contributed by atoms with Crippen LogP contribution in [-0.4, -0.2) is 38.0 Å². The predicted molar refractivity (Wildman–Crippen MR) is 115 cm³/mol. The van der Waals surface area contributed by atoms with Gasteiger partial charge < -0.3 is 15.0 Å². The molecule has 0 fully saturated rings. The van der Waals surface area contributed by atoms with Crippen molar-refractivity contribution >= 4 is 17.6 Å². The molecule has 0 saturated heterocycles. The molecule has 0 aliphatic rings. The van der Waals surface area contributed by atoms with Gasteiger partial charge in [-0.15, -0.1) is 0 Å². The molecule has 0 unspecified atom stereocenters. The molecule has 0 saturated carbocycles. The lowest BCUT2D eigenvalue weighted by Gasteiger charge is -2.14. The van der Waals surface area contributed by atoms with Crippen molar-refractivity contribution in [2.75, 3.05) is 26.5 Å². The molecule has 148 valence electrons. The Morgan fingerprint density at radius 1 is 0.897 bits per heavy atom. The van der Waals surface area contributed by atoms with Crippen molar-refractivity contribution in [3.8, 4) is 11.1 Å². The number of rotatable bonds is 6. The number of nitrogens with zero attached hydrogens (tertiary/aromatic N) is 1. The quantitative estimate of drug-likeness (QED) is 0.634. The number of hydrogen-bond acceptors (Lipinski definition) is 4. The molecule has 3 rings (SSSR count). The van der Waals surface area contributed by atoms with E-state index >= 15 is 0 Å². The minimum atomic E-state index is -0.499. The zero-order chi connectivity index (χ0) is 20.8. The van der Waals surface area contributed by atoms with E-state index in [0.717, 1.165) is 17.7 Å². The van der Waals surface area contributed by atoms with Crippen LogP contribution in [0.1, 0.15) is 26.3 Å². The van der Waals surface area contributed by atoms with Crippen molar-refractivity contribution in [3.63, 3.8) is 0 Å². The van der Waals surface area contributed by atoms with E-state index in [2.05, 4.69) is 22.3 Å². The molecule has 0 radical (unpaired) electrons. The average Bonchev–Trinajstić information content (AvgIpc) is 2.73. The molecule has 0 aliphatic carbocycles. The van der Waals surface area contributed by atoms with Crippen LogP contribution in [0.3, 0.4) is 0 Å². The van der Waals surface area contributed by atoms with Crippen molar-refractivity contribution < 1.29 is 14.3 Å². The minimum Gasteiger partial charge on any atom is -0.465 e. The van der Waals surface area contributed by atoms with Crippen LogP contribution in [0.5, 0.6) is 0 Å². The van der Waals surface area contributed by atoms with Gasteiger partial charge in [-0.2, -0.15) is 0 Å². The van der Waals surface area contributed by atoms with Crippen LogP contribution in [0.4, 0.5) is 5.69 Å². The number of amides is 1. The van der Waals surface area contributed by atoms with Gasteiger partial charge in [0.05, 0.1) is 18.4 Å². The van der Waals surface area contributed by atoms with Gasteiger partial charge in [0.1, 0.15) is 0 Å². The molecule has 0 aliphatic heterocycles. The van der Waals surface area contributed by atoms with E-state index in [1.54, 1.807) is 30.3 Å². The fourth-order valence-corrected chi connectivity index (χ4v) is 3.11. The summed E-state index contributed by atoms with van der Waals surface area (Å²) in [6, 6.07) is 22.4. The number of anilines is 1. The van der Waals surface area contributed by atoms with Gasteiger partial charge in [-0.05, 0) is 61.1 Å². The monoisotopic (exact) mass is 388 g/mol. The fourth-order valence-electron chi connectivity index (χ4n) is 3.11. The van der Waals surface area contributed by atoms with Gasteiger partial charge >= 0.3 is 5.97 Å². The Labute approximate surface area is 170 Å². The number of benzene rings is 3. The summed E-state index contributed by atoms with van der Waals surface area (Å²) in [7, 11) is 5.37. The molecule has 1 amide bonds. The Hall–Kier alpha value is -3.44. The van der Waals surface area contributed by atoms with Crippen LogP contribution in [0.15, 0.2) is 72.8 Å². The highest BCUT2D eigenvalue weighted by atomic mass is 16.5. The number of hydrogen-bond donors (Lipinski definition) is 1. The van der Waals surface area contributed by atoms with E-state index < -0.39 is 5.97 Å². The van der Waals surface area contributed by atoms with Gasteiger partial charge in [0.25, 0.3) is 5.91 Å². The highest BCUT2D eigenvalue weighted by Crippen LogP contribution is 2.28. The lowest BCUT2D eigenvalue weighted by atomic mass is 10.00. The summed E-state index contributed by atoms with van der Waals surface area (Å²) in [6.07, 6.45) is 0. The van der Waals surface area contributed by atoms with Crippen molar-refractivity contribution in [2.24, 2.45) is 0 Å². The fraction of sp³-hybridized carbons (Fsp3) is 0.167.